The maximum atomic E-state index is 12.0. The van der Waals surface area contributed by atoms with Crippen LogP contribution in [0.3, 0.4) is 0 Å². The number of carbonyl (C=O) groups excluding carboxylic acids is 1. The molecule has 4 aliphatic carbocycles. The Kier molecular flexibility index (Phi) is 5.03. The highest BCUT2D eigenvalue weighted by atomic mass is 16.7. The van der Waals surface area contributed by atoms with Crippen molar-refractivity contribution in [3.63, 3.8) is 0 Å². The lowest BCUT2D eigenvalue weighted by molar-refractivity contribution is -0.171. The summed E-state index contributed by atoms with van der Waals surface area (Å²) in [7, 11) is 3.68. The molecule has 0 aromatic carbocycles. The Bertz CT molecular complexity index is 912. The standard InChI is InChI=1S/C25H36N2O5/c1-14-31-21-11-18-17-7-6-15-10-16(29)8-9-23(15,2)22(17)19(30)12-24(18,3)25(21,32-14)20(13-28)26-27(4)5/h8-10,14,17-19,21-22,28,30H,6-7,11-13H2,1-5H3/t14?,17-,18-,19-,21+,22+,23-,24-,25+/m0/s1. The van der Waals surface area contributed by atoms with Gasteiger partial charge in [0.05, 0.1) is 24.5 Å². The van der Waals surface area contributed by atoms with Crippen LogP contribution in [0.25, 0.3) is 0 Å². The zero-order chi connectivity index (χ0) is 23.1. The van der Waals surface area contributed by atoms with Crippen LogP contribution < -0.4 is 0 Å². The largest absolute Gasteiger partial charge is 0.393 e. The normalized spacial score (nSPS) is 49.8. The number of hydrogen-bond donors (Lipinski definition) is 2. The van der Waals surface area contributed by atoms with E-state index in [4.69, 9.17) is 9.47 Å². The Morgan fingerprint density at radius 2 is 2.09 bits per heavy atom. The molecule has 5 aliphatic rings. The van der Waals surface area contributed by atoms with E-state index < -0.39 is 23.4 Å². The van der Waals surface area contributed by atoms with Crippen molar-refractivity contribution in [3.05, 3.63) is 23.8 Å². The number of nitrogens with zero attached hydrogens (tertiary/aromatic N) is 2. The van der Waals surface area contributed by atoms with Gasteiger partial charge in [-0.25, -0.2) is 0 Å². The fraction of sp³-hybridized carbons (Fsp3) is 0.760. The van der Waals surface area contributed by atoms with Crippen LogP contribution in [0.5, 0.6) is 0 Å². The monoisotopic (exact) mass is 444 g/mol. The van der Waals surface area contributed by atoms with Gasteiger partial charge in [-0.3, -0.25) is 4.79 Å². The van der Waals surface area contributed by atoms with Crippen LogP contribution in [-0.4, -0.2) is 71.5 Å². The lowest BCUT2D eigenvalue weighted by Gasteiger charge is -2.60. The Morgan fingerprint density at radius 3 is 2.78 bits per heavy atom. The van der Waals surface area contributed by atoms with Crippen LogP contribution in [0.4, 0.5) is 0 Å². The van der Waals surface area contributed by atoms with Gasteiger partial charge in [0.2, 0.25) is 0 Å². The van der Waals surface area contributed by atoms with Crippen LogP contribution in [0.1, 0.15) is 46.5 Å². The summed E-state index contributed by atoms with van der Waals surface area (Å²) < 4.78 is 12.8. The number of allylic oxidation sites excluding steroid dienone is 4. The number of fused-ring (bicyclic) bond motifs is 7. The third kappa shape index (κ3) is 2.74. The Labute approximate surface area is 190 Å². The smallest absolute Gasteiger partial charge is 0.178 e. The van der Waals surface area contributed by atoms with Crippen molar-refractivity contribution in [1.82, 2.24) is 5.01 Å². The molecule has 4 fully saturated rings. The second kappa shape index (κ2) is 7.23. The summed E-state index contributed by atoms with van der Waals surface area (Å²) in [6.45, 7) is 6.06. The number of rotatable bonds is 3. The quantitative estimate of drug-likeness (QED) is 0.513. The summed E-state index contributed by atoms with van der Waals surface area (Å²) in [6, 6.07) is 0. The lowest BCUT2D eigenvalue weighted by Crippen LogP contribution is -2.63. The van der Waals surface area contributed by atoms with Crippen molar-refractivity contribution < 1.29 is 24.5 Å². The second-order valence-electron chi connectivity index (χ2n) is 11.0. The molecule has 0 amide bonds. The number of ketones is 1. The second-order valence-corrected chi connectivity index (χ2v) is 11.0. The maximum absolute atomic E-state index is 12.0. The summed E-state index contributed by atoms with van der Waals surface area (Å²) >= 11 is 0. The van der Waals surface area contributed by atoms with E-state index in [-0.39, 0.29) is 41.7 Å². The third-order valence-electron chi connectivity index (χ3n) is 9.26. The summed E-state index contributed by atoms with van der Waals surface area (Å²) in [6.07, 6.45) is 7.48. The molecule has 176 valence electrons. The maximum Gasteiger partial charge on any atom is 0.178 e. The molecule has 1 aliphatic heterocycles. The minimum atomic E-state index is -0.864. The summed E-state index contributed by atoms with van der Waals surface area (Å²) in [5.74, 6) is 0.620. The number of ether oxygens (including phenoxy) is 2. The van der Waals surface area contributed by atoms with Gasteiger partial charge >= 0.3 is 0 Å². The SMILES string of the molecule is CC1O[C@@H]2C[C@H]3[C@@H]4CCC5=CC(=O)C=C[C@]5(C)[C@H]4[C@@H](O)C[C@]3(C)[C@]2(C(CO)=NN(C)C)O1. The molecule has 0 bridgehead atoms. The molecular weight excluding hydrogens is 408 g/mol. The Morgan fingerprint density at radius 1 is 1.34 bits per heavy atom. The molecule has 0 spiro atoms. The van der Waals surface area contributed by atoms with E-state index in [0.717, 1.165) is 24.8 Å². The minimum absolute atomic E-state index is 0.0431. The highest BCUT2D eigenvalue weighted by molar-refractivity contribution is 6.01. The summed E-state index contributed by atoms with van der Waals surface area (Å²) in [5.41, 5.74) is 0.130. The van der Waals surface area contributed by atoms with Gasteiger partial charge in [0.25, 0.3) is 0 Å². The molecule has 9 atom stereocenters. The van der Waals surface area contributed by atoms with Crippen LogP contribution in [-0.2, 0) is 14.3 Å². The molecule has 0 aromatic rings. The molecule has 1 unspecified atom stereocenters. The topological polar surface area (TPSA) is 91.6 Å². The van der Waals surface area contributed by atoms with Crippen molar-refractivity contribution in [2.45, 2.75) is 70.6 Å². The average Bonchev–Trinajstić information content (AvgIpc) is 3.16. The molecule has 0 aromatic heterocycles. The zero-order valence-corrected chi connectivity index (χ0v) is 19.7. The molecule has 32 heavy (non-hydrogen) atoms. The highest BCUT2D eigenvalue weighted by Gasteiger charge is 2.74. The lowest BCUT2D eigenvalue weighted by atomic mass is 9.46. The van der Waals surface area contributed by atoms with Gasteiger partial charge in [-0.2, -0.15) is 5.10 Å². The van der Waals surface area contributed by atoms with Crippen LogP contribution >= 0.6 is 0 Å². The highest BCUT2D eigenvalue weighted by Crippen LogP contribution is 2.69. The van der Waals surface area contributed by atoms with E-state index in [0.29, 0.717) is 12.1 Å². The minimum Gasteiger partial charge on any atom is -0.393 e. The van der Waals surface area contributed by atoms with E-state index in [1.54, 1.807) is 17.2 Å². The first kappa shape index (κ1) is 22.3. The van der Waals surface area contributed by atoms with Crippen molar-refractivity contribution in [3.8, 4) is 0 Å². The number of aliphatic hydroxyl groups is 2. The van der Waals surface area contributed by atoms with Crippen molar-refractivity contribution in [2.75, 3.05) is 20.7 Å². The van der Waals surface area contributed by atoms with Gasteiger partial charge in [-0.1, -0.05) is 25.5 Å². The van der Waals surface area contributed by atoms with Crippen molar-refractivity contribution in [2.24, 2.45) is 33.7 Å². The fourth-order valence-corrected chi connectivity index (χ4v) is 8.23. The van der Waals surface area contributed by atoms with Crippen LogP contribution in [0, 0.1) is 28.6 Å². The predicted molar refractivity (Wildman–Crippen MR) is 120 cm³/mol. The molecule has 1 saturated heterocycles. The molecule has 7 heteroatoms. The molecule has 7 nitrogen and oxygen atoms in total. The molecule has 0 radical (unpaired) electrons. The van der Waals surface area contributed by atoms with Gasteiger partial charge in [0.15, 0.2) is 12.1 Å². The number of aliphatic hydroxyl groups excluding tert-OH is 2. The van der Waals surface area contributed by atoms with Gasteiger partial charge in [0.1, 0.15) is 5.60 Å². The molecule has 2 N–H and O–H groups in total. The van der Waals surface area contributed by atoms with E-state index in [9.17, 15) is 15.0 Å². The summed E-state index contributed by atoms with van der Waals surface area (Å²) in [4.78, 5) is 12.0. The van der Waals surface area contributed by atoms with Crippen LogP contribution in [0.15, 0.2) is 28.9 Å². The first-order chi connectivity index (χ1) is 15.1. The average molecular weight is 445 g/mol. The van der Waals surface area contributed by atoms with E-state index in [1.165, 1.54) is 0 Å². The molecular formula is C25H36N2O5. The Hall–Kier alpha value is -1.54. The zero-order valence-electron chi connectivity index (χ0n) is 19.7. The number of hydrazone groups is 1. The number of hydrogen-bond acceptors (Lipinski definition) is 7. The van der Waals surface area contributed by atoms with Crippen LogP contribution in [0.2, 0.25) is 0 Å². The fourth-order valence-electron chi connectivity index (χ4n) is 8.23. The van der Waals surface area contributed by atoms with E-state index >= 15 is 0 Å². The van der Waals surface area contributed by atoms with E-state index in [1.807, 2.05) is 27.1 Å². The third-order valence-corrected chi connectivity index (χ3v) is 9.26. The predicted octanol–water partition coefficient (Wildman–Crippen LogP) is 2.29. The van der Waals surface area contributed by atoms with E-state index in [2.05, 4.69) is 18.9 Å². The van der Waals surface area contributed by atoms with Crippen molar-refractivity contribution >= 4 is 11.5 Å². The van der Waals surface area contributed by atoms with Gasteiger partial charge in [0, 0.05) is 30.8 Å². The molecule has 3 saturated carbocycles. The molecule has 1 heterocycles. The first-order valence-electron chi connectivity index (χ1n) is 11.9. The molecule has 5 rings (SSSR count). The van der Waals surface area contributed by atoms with Crippen molar-refractivity contribution in [1.29, 1.82) is 0 Å². The van der Waals surface area contributed by atoms with Gasteiger partial charge in [-0.05, 0) is 56.6 Å². The Balaban J connectivity index is 1.60. The van der Waals surface area contributed by atoms with Gasteiger partial charge in [-0.15, -0.1) is 0 Å². The first-order valence-corrected chi connectivity index (χ1v) is 11.9. The number of carbonyl (C=O) groups is 1. The van der Waals surface area contributed by atoms with Gasteiger partial charge < -0.3 is 24.7 Å². The summed E-state index contributed by atoms with van der Waals surface area (Å²) in [5, 5.41) is 28.4.